The number of hydrogen-bond donors (Lipinski definition) is 1. The van der Waals surface area contributed by atoms with Gasteiger partial charge in [-0.2, -0.15) is 0 Å². The van der Waals surface area contributed by atoms with Crippen LogP contribution in [0, 0.1) is 38.5 Å². The molecular formula is C37H64O4. The molecule has 2 rings (SSSR count). The Kier molecular flexibility index (Phi) is 15.6. The summed E-state index contributed by atoms with van der Waals surface area (Å²) in [5, 5.41) is 8.77. The Balaban J connectivity index is 1.77. The molecule has 0 amide bonds. The molecule has 3 atom stereocenters. The monoisotopic (exact) mass is 572 g/mol. The van der Waals surface area contributed by atoms with Crippen LogP contribution in [0.3, 0.4) is 0 Å². The van der Waals surface area contributed by atoms with Gasteiger partial charge in [-0.1, -0.05) is 91.9 Å². The van der Waals surface area contributed by atoms with Gasteiger partial charge in [-0.3, -0.25) is 4.79 Å². The summed E-state index contributed by atoms with van der Waals surface area (Å²) in [6.07, 6.45) is 19.3. The number of ether oxygens (including phenoxy) is 2. The van der Waals surface area contributed by atoms with Crippen LogP contribution in [0.4, 0.5) is 0 Å². The third-order valence-electron chi connectivity index (χ3n) is 9.62. The first-order valence-corrected chi connectivity index (χ1v) is 17.1. The minimum atomic E-state index is -0.695. The highest BCUT2D eigenvalue weighted by atomic mass is 16.5. The summed E-state index contributed by atoms with van der Waals surface area (Å²) >= 11 is 0. The van der Waals surface area contributed by atoms with Gasteiger partial charge in [0.2, 0.25) is 0 Å². The third kappa shape index (κ3) is 12.6. The molecule has 4 nitrogen and oxygen atoms in total. The van der Waals surface area contributed by atoms with Gasteiger partial charge < -0.3 is 14.6 Å². The van der Waals surface area contributed by atoms with Crippen molar-refractivity contribution in [3.63, 3.8) is 0 Å². The van der Waals surface area contributed by atoms with Gasteiger partial charge >= 0.3 is 5.97 Å². The largest absolute Gasteiger partial charge is 0.493 e. The van der Waals surface area contributed by atoms with Crippen molar-refractivity contribution in [3.05, 3.63) is 22.3 Å². The Morgan fingerprint density at radius 2 is 1.39 bits per heavy atom. The van der Waals surface area contributed by atoms with E-state index in [4.69, 9.17) is 14.6 Å². The zero-order chi connectivity index (χ0) is 30.4. The topological polar surface area (TPSA) is 55.8 Å². The second-order valence-corrected chi connectivity index (χ2v) is 14.2. The van der Waals surface area contributed by atoms with Crippen LogP contribution in [0.1, 0.15) is 160 Å². The molecule has 4 heteroatoms. The van der Waals surface area contributed by atoms with E-state index < -0.39 is 5.97 Å². The van der Waals surface area contributed by atoms with E-state index in [0.717, 1.165) is 80.6 Å². The van der Waals surface area contributed by atoms with Crippen molar-refractivity contribution in [1.82, 2.24) is 0 Å². The highest BCUT2D eigenvalue weighted by Gasteiger charge is 2.34. The van der Waals surface area contributed by atoms with Crippen LogP contribution in [0.25, 0.3) is 0 Å². The van der Waals surface area contributed by atoms with Crippen molar-refractivity contribution < 1.29 is 19.4 Å². The molecule has 0 saturated heterocycles. The summed E-state index contributed by atoms with van der Waals surface area (Å²) in [5.41, 5.74) is 4.95. The number of unbranched alkanes of at least 4 members (excludes halogenated alkanes) is 4. The van der Waals surface area contributed by atoms with Gasteiger partial charge in [0.25, 0.3) is 0 Å². The predicted octanol–water partition coefficient (Wildman–Crippen LogP) is 10.9. The van der Waals surface area contributed by atoms with E-state index in [-0.39, 0.29) is 12.0 Å². The molecular weight excluding hydrogens is 508 g/mol. The predicted molar refractivity (Wildman–Crippen MR) is 174 cm³/mol. The van der Waals surface area contributed by atoms with E-state index in [2.05, 4.69) is 55.4 Å². The first kappa shape index (κ1) is 35.5. The maximum atomic E-state index is 10.6. The Hall–Kier alpha value is -1.71. The van der Waals surface area contributed by atoms with Crippen LogP contribution < -0.4 is 9.47 Å². The number of carboxylic acids is 1. The summed E-state index contributed by atoms with van der Waals surface area (Å²) in [4.78, 5) is 10.6. The maximum Gasteiger partial charge on any atom is 0.303 e. The molecule has 0 radical (unpaired) electrons. The molecule has 0 fully saturated rings. The number of carboxylic acid groups (broad SMARTS) is 1. The first-order chi connectivity index (χ1) is 19.4. The molecule has 0 spiro atoms. The summed E-state index contributed by atoms with van der Waals surface area (Å²) in [6, 6.07) is 0. The van der Waals surface area contributed by atoms with E-state index in [1.165, 1.54) is 73.6 Å². The van der Waals surface area contributed by atoms with Crippen LogP contribution in [-0.2, 0) is 11.2 Å². The molecule has 0 unspecified atom stereocenters. The molecule has 0 aliphatic carbocycles. The minimum absolute atomic E-state index is 0.0791. The lowest BCUT2D eigenvalue weighted by molar-refractivity contribution is -0.137. The molecule has 1 aliphatic rings. The van der Waals surface area contributed by atoms with Gasteiger partial charge in [-0.25, -0.2) is 0 Å². The van der Waals surface area contributed by atoms with Gasteiger partial charge in [0.1, 0.15) is 17.1 Å². The van der Waals surface area contributed by atoms with Crippen molar-refractivity contribution in [3.8, 4) is 11.5 Å². The van der Waals surface area contributed by atoms with Gasteiger partial charge in [0, 0.05) is 12.0 Å². The van der Waals surface area contributed by atoms with Crippen molar-refractivity contribution in [2.24, 2.45) is 17.8 Å². The van der Waals surface area contributed by atoms with E-state index >= 15 is 0 Å². The fraction of sp³-hybridized carbons (Fsp3) is 0.811. The number of benzene rings is 1. The number of rotatable bonds is 21. The van der Waals surface area contributed by atoms with Crippen molar-refractivity contribution in [2.45, 2.75) is 170 Å². The van der Waals surface area contributed by atoms with Crippen LogP contribution in [-0.4, -0.2) is 23.3 Å². The SMILES string of the molecule is Cc1c(C)c2c(c(C)c1OCCCCCCCC(=O)O)CC[C@@](C)(CCC[C@H](C)CCC[C@H](C)CCCC(C)C)O2. The van der Waals surface area contributed by atoms with Gasteiger partial charge in [0.15, 0.2) is 0 Å². The molecule has 1 aliphatic heterocycles. The molecule has 0 bridgehead atoms. The van der Waals surface area contributed by atoms with Crippen molar-refractivity contribution >= 4 is 5.97 Å². The van der Waals surface area contributed by atoms with Crippen LogP contribution in [0.15, 0.2) is 0 Å². The molecule has 41 heavy (non-hydrogen) atoms. The summed E-state index contributed by atoms with van der Waals surface area (Å²) in [5.74, 6) is 3.97. The second-order valence-electron chi connectivity index (χ2n) is 14.2. The average Bonchev–Trinajstić information content (AvgIpc) is 2.90. The maximum absolute atomic E-state index is 10.6. The van der Waals surface area contributed by atoms with E-state index in [1.54, 1.807) is 0 Å². The summed E-state index contributed by atoms with van der Waals surface area (Å²) in [7, 11) is 0. The van der Waals surface area contributed by atoms with E-state index in [9.17, 15) is 4.79 Å². The minimum Gasteiger partial charge on any atom is -0.493 e. The van der Waals surface area contributed by atoms with Gasteiger partial charge in [0.05, 0.1) is 6.61 Å². The molecule has 1 aromatic carbocycles. The van der Waals surface area contributed by atoms with Crippen molar-refractivity contribution in [2.75, 3.05) is 6.61 Å². The Morgan fingerprint density at radius 1 is 0.805 bits per heavy atom. The summed E-state index contributed by atoms with van der Waals surface area (Å²) < 4.78 is 13.1. The lowest BCUT2D eigenvalue weighted by Crippen LogP contribution is -2.37. The van der Waals surface area contributed by atoms with Gasteiger partial charge in [-0.15, -0.1) is 0 Å². The van der Waals surface area contributed by atoms with Gasteiger partial charge in [-0.05, 0) is 101 Å². The normalized spacial score (nSPS) is 18.2. The summed E-state index contributed by atoms with van der Waals surface area (Å²) in [6.45, 7) is 19.2. The number of carbonyl (C=O) groups is 1. The fourth-order valence-corrected chi connectivity index (χ4v) is 6.56. The highest BCUT2D eigenvalue weighted by molar-refractivity contribution is 5.66. The lowest BCUT2D eigenvalue weighted by atomic mass is 9.83. The van der Waals surface area contributed by atoms with E-state index in [0.29, 0.717) is 6.61 Å². The Labute approximate surface area is 253 Å². The quantitative estimate of drug-likeness (QED) is 0.149. The Bertz CT molecular complexity index is 920. The molecule has 1 aromatic rings. The molecule has 1 N–H and O–H groups in total. The standard InChI is InChI=1S/C37H64O4/c1-27(2)17-14-18-28(3)19-15-20-29(4)21-16-24-37(8)25-23-33-32(7)35(30(5)31(6)36(33)41-37)40-26-13-11-9-10-12-22-34(38)39/h27-29H,9-26H2,1-8H3,(H,38,39)/t28-,29-,37-/m1/s1. The number of aliphatic carboxylic acids is 1. The number of fused-ring (bicyclic) bond motifs is 1. The lowest BCUT2D eigenvalue weighted by Gasteiger charge is -2.38. The molecule has 1 heterocycles. The zero-order valence-electron chi connectivity index (χ0n) is 28.1. The first-order valence-electron chi connectivity index (χ1n) is 17.1. The third-order valence-corrected chi connectivity index (χ3v) is 9.62. The van der Waals surface area contributed by atoms with Crippen LogP contribution in [0.5, 0.6) is 11.5 Å². The van der Waals surface area contributed by atoms with E-state index in [1.807, 2.05) is 0 Å². The van der Waals surface area contributed by atoms with Crippen LogP contribution in [0.2, 0.25) is 0 Å². The fourth-order valence-electron chi connectivity index (χ4n) is 6.56. The Morgan fingerprint density at radius 3 is 2.02 bits per heavy atom. The smallest absolute Gasteiger partial charge is 0.303 e. The molecule has 236 valence electrons. The zero-order valence-corrected chi connectivity index (χ0v) is 28.1. The molecule has 0 saturated carbocycles. The molecule has 0 aromatic heterocycles. The number of hydrogen-bond acceptors (Lipinski definition) is 3. The highest BCUT2D eigenvalue weighted by Crippen LogP contribution is 2.45. The average molecular weight is 573 g/mol. The van der Waals surface area contributed by atoms with Crippen molar-refractivity contribution in [1.29, 1.82) is 0 Å². The van der Waals surface area contributed by atoms with Crippen LogP contribution >= 0.6 is 0 Å². The second kappa shape index (κ2) is 18.1.